The van der Waals surface area contributed by atoms with Gasteiger partial charge < -0.3 is 15.0 Å². The quantitative estimate of drug-likeness (QED) is 0.840. The zero-order chi connectivity index (χ0) is 20.4. The van der Waals surface area contributed by atoms with Crippen LogP contribution >= 0.6 is 0 Å². The molecule has 3 heterocycles. The molecule has 1 fully saturated rings. The summed E-state index contributed by atoms with van der Waals surface area (Å²) in [5, 5.41) is 3.07. The molecule has 1 saturated heterocycles. The third kappa shape index (κ3) is 4.16. The van der Waals surface area contributed by atoms with Crippen molar-refractivity contribution in [2.45, 2.75) is 31.5 Å². The van der Waals surface area contributed by atoms with E-state index in [4.69, 9.17) is 4.74 Å². The maximum Gasteiger partial charge on any atom is 0.419 e. The summed E-state index contributed by atoms with van der Waals surface area (Å²) in [7, 11) is 0. The van der Waals surface area contributed by atoms with Gasteiger partial charge in [-0.1, -0.05) is 18.2 Å². The molecule has 1 N–H and O–H groups in total. The number of benzene rings is 1. The molecular formula is C21H22F3N3O2. The Labute approximate surface area is 166 Å². The molecule has 4 rings (SSSR count). The number of para-hydroxylation sites is 1. The first-order valence-corrected chi connectivity index (χ1v) is 9.73. The molecule has 2 aliphatic rings. The van der Waals surface area contributed by atoms with E-state index in [1.165, 1.54) is 12.3 Å². The number of alkyl halides is 3. The van der Waals surface area contributed by atoms with Crippen molar-refractivity contribution in [1.82, 2.24) is 10.3 Å². The number of anilines is 1. The largest absolute Gasteiger partial charge is 0.493 e. The van der Waals surface area contributed by atoms with Crippen molar-refractivity contribution in [3.05, 3.63) is 53.7 Å². The molecule has 5 nitrogen and oxygen atoms in total. The van der Waals surface area contributed by atoms with E-state index < -0.39 is 11.7 Å². The number of hydrogen-bond acceptors (Lipinski definition) is 4. The second-order valence-corrected chi connectivity index (χ2v) is 7.39. The minimum Gasteiger partial charge on any atom is -0.493 e. The fraction of sp³-hybridized carbons (Fsp3) is 0.429. The average molecular weight is 405 g/mol. The molecular weight excluding hydrogens is 383 g/mol. The summed E-state index contributed by atoms with van der Waals surface area (Å²) in [5.41, 5.74) is 0.170. The summed E-state index contributed by atoms with van der Waals surface area (Å²) in [5.74, 6) is 0.134. The molecule has 8 heteroatoms. The van der Waals surface area contributed by atoms with Gasteiger partial charge >= 0.3 is 6.18 Å². The molecule has 0 bridgehead atoms. The van der Waals surface area contributed by atoms with Crippen molar-refractivity contribution >= 4 is 11.7 Å². The fourth-order valence-electron chi connectivity index (χ4n) is 4.04. The van der Waals surface area contributed by atoms with Crippen molar-refractivity contribution in [3.63, 3.8) is 0 Å². The number of aromatic nitrogens is 1. The van der Waals surface area contributed by atoms with Crippen molar-refractivity contribution in [3.8, 4) is 5.75 Å². The van der Waals surface area contributed by atoms with E-state index in [0.717, 1.165) is 17.4 Å². The van der Waals surface area contributed by atoms with Crippen molar-refractivity contribution in [2.75, 3.05) is 24.6 Å². The number of carbonyl (C=O) groups is 1. The minimum atomic E-state index is -4.48. The highest BCUT2D eigenvalue weighted by molar-refractivity contribution is 5.80. The normalized spacial score (nSPS) is 21.8. The number of ether oxygens (including phenoxy) is 1. The van der Waals surface area contributed by atoms with Crippen LogP contribution in [0.25, 0.3) is 0 Å². The molecule has 2 unspecified atom stereocenters. The number of nitrogens with one attached hydrogen (secondary N) is 1. The Hall–Kier alpha value is -2.77. The van der Waals surface area contributed by atoms with Crippen molar-refractivity contribution in [1.29, 1.82) is 0 Å². The molecule has 29 heavy (non-hydrogen) atoms. The highest BCUT2D eigenvalue weighted by atomic mass is 19.4. The van der Waals surface area contributed by atoms with Gasteiger partial charge in [-0.15, -0.1) is 0 Å². The summed E-state index contributed by atoms with van der Waals surface area (Å²) in [4.78, 5) is 18.5. The third-order valence-corrected chi connectivity index (χ3v) is 5.46. The molecule has 1 aromatic heterocycles. The lowest BCUT2D eigenvalue weighted by molar-refractivity contribution is -0.137. The van der Waals surface area contributed by atoms with Crippen LogP contribution in [0.3, 0.4) is 0 Å². The summed E-state index contributed by atoms with van der Waals surface area (Å²) < 4.78 is 45.7. The summed E-state index contributed by atoms with van der Waals surface area (Å²) in [6.07, 6.45) is -1.19. The lowest BCUT2D eigenvalue weighted by atomic mass is 9.94. The van der Waals surface area contributed by atoms with Crippen LogP contribution in [0.15, 0.2) is 42.6 Å². The van der Waals surface area contributed by atoms with Crippen LogP contribution in [-0.2, 0) is 11.0 Å². The van der Waals surface area contributed by atoms with Gasteiger partial charge in [0.1, 0.15) is 11.6 Å². The Morgan fingerprint density at radius 1 is 1.17 bits per heavy atom. The number of rotatable bonds is 3. The molecule has 1 aromatic carbocycles. The van der Waals surface area contributed by atoms with Gasteiger partial charge in [-0.05, 0) is 31.0 Å². The molecule has 0 saturated carbocycles. The smallest absolute Gasteiger partial charge is 0.419 e. The highest BCUT2D eigenvalue weighted by Crippen LogP contribution is 2.37. The minimum absolute atomic E-state index is 0.103. The van der Waals surface area contributed by atoms with Gasteiger partial charge in [-0.2, -0.15) is 13.2 Å². The summed E-state index contributed by atoms with van der Waals surface area (Å²) in [6, 6.07) is 9.74. The van der Waals surface area contributed by atoms with Crippen LogP contribution in [0.5, 0.6) is 5.75 Å². The van der Waals surface area contributed by atoms with E-state index in [0.29, 0.717) is 32.4 Å². The monoisotopic (exact) mass is 405 g/mol. The van der Waals surface area contributed by atoms with Gasteiger partial charge in [-0.3, -0.25) is 4.79 Å². The maximum absolute atomic E-state index is 13.4. The number of pyridine rings is 1. The SMILES string of the molecule is O=C(NC1CCOc2ccccc21)C1CCCN(c2ncccc2C(F)(F)F)C1. The number of fused-ring (bicyclic) bond motifs is 1. The Bertz CT molecular complexity index is 887. The molecule has 154 valence electrons. The van der Waals surface area contributed by atoms with E-state index in [1.807, 2.05) is 24.3 Å². The third-order valence-electron chi connectivity index (χ3n) is 5.46. The van der Waals surface area contributed by atoms with Crippen LogP contribution in [0.2, 0.25) is 0 Å². The number of hydrogen-bond donors (Lipinski definition) is 1. The first kappa shape index (κ1) is 19.5. The Kier molecular flexibility index (Phi) is 5.34. The van der Waals surface area contributed by atoms with Crippen LogP contribution in [-0.4, -0.2) is 30.6 Å². The second kappa shape index (κ2) is 7.93. The first-order chi connectivity index (χ1) is 13.9. The molecule has 0 radical (unpaired) electrons. The lowest BCUT2D eigenvalue weighted by Gasteiger charge is -2.35. The van der Waals surface area contributed by atoms with E-state index in [-0.39, 0.29) is 30.2 Å². The van der Waals surface area contributed by atoms with Gasteiger partial charge in [0.2, 0.25) is 5.91 Å². The maximum atomic E-state index is 13.4. The van der Waals surface area contributed by atoms with Crippen molar-refractivity contribution in [2.24, 2.45) is 5.92 Å². The van der Waals surface area contributed by atoms with Crippen LogP contribution in [0.4, 0.5) is 19.0 Å². The van der Waals surface area contributed by atoms with Gasteiger partial charge in [0.15, 0.2) is 0 Å². The molecule has 2 atom stereocenters. The van der Waals surface area contributed by atoms with Crippen molar-refractivity contribution < 1.29 is 22.7 Å². The number of carbonyl (C=O) groups excluding carboxylic acids is 1. The predicted molar refractivity (Wildman–Crippen MR) is 102 cm³/mol. The Morgan fingerprint density at radius 2 is 2.00 bits per heavy atom. The number of nitrogens with zero attached hydrogens (tertiary/aromatic N) is 2. The van der Waals surface area contributed by atoms with E-state index >= 15 is 0 Å². The Morgan fingerprint density at radius 3 is 2.83 bits per heavy atom. The number of halogens is 3. The number of amides is 1. The first-order valence-electron chi connectivity index (χ1n) is 9.73. The second-order valence-electron chi connectivity index (χ2n) is 7.39. The van der Waals surface area contributed by atoms with Gasteiger partial charge in [-0.25, -0.2) is 4.98 Å². The van der Waals surface area contributed by atoms with Gasteiger partial charge in [0, 0.05) is 31.3 Å². The van der Waals surface area contributed by atoms with E-state index in [1.54, 1.807) is 4.90 Å². The topological polar surface area (TPSA) is 54.5 Å². The molecule has 1 amide bonds. The van der Waals surface area contributed by atoms with E-state index in [9.17, 15) is 18.0 Å². The van der Waals surface area contributed by atoms with Crippen LogP contribution in [0, 0.1) is 5.92 Å². The summed E-state index contributed by atoms with van der Waals surface area (Å²) >= 11 is 0. The highest BCUT2D eigenvalue weighted by Gasteiger charge is 2.37. The zero-order valence-electron chi connectivity index (χ0n) is 15.8. The number of piperidine rings is 1. The predicted octanol–water partition coefficient (Wildman–Crippen LogP) is 3.96. The molecule has 0 spiro atoms. The van der Waals surface area contributed by atoms with Crippen LogP contribution in [0.1, 0.15) is 36.4 Å². The van der Waals surface area contributed by atoms with E-state index in [2.05, 4.69) is 10.3 Å². The van der Waals surface area contributed by atoms with Gasteiger partial charge in [0.25, 0.3) is 0 Å². The Balaban J connectivity index is 1.48. The molecule has 2 aliphatic heterocycles. The average Bonchev–Trinajstić information content (AvgIpc) is 2.73. The standard InChI is InChI=1S/C21H22F3N3O2/c22-21(23,24)16-7-3-10-25-19(16)27-11-4-5-14(13-27)20(28)26-17-9-12-29-18-8-2-1-6-15(17)18/h1-3,6-8,10,14,17H,4-5,9,11-13H2,(H,26,28). The van der Waals surface area contributed by atoms with Gasteiger partial charge in [0.05, 0.1) is 24.1 Å². The lowest BCUT2D eigenvalue weighted by Crippen LogP contribution is -2.45. The zero-order valence-corrected chi connectivity index (χ0v) is 15.8. The van der Waals surface area contributed by atoms with Crippen LogP contribution < -0.4 is 15.0 Å². The molecule has 0 aliphatic carbocycles. The summed E-state index contributed by atoms with van der Waals surface area (Å²) in [6.45, 7) is 1.18. The fourth-order valence-corrected chi connectivity index (χ4v) is 4.04. The molecule has 2 aromatic rings.